The molecule has 0 bridgehead atoms. The normalized spacial score (nSPS) is 22.5. The Morgan fingerprint density at radius 2 is 2.11 bits per heavy atom. The topological polar surface area (TPSA) is 72.2 Å². The monoisotopic (exact) mass is 362 g/mol. The molecule has 2 atom stereocenters. The Morgan fingerprint density at radius 1 is 1.33 bits per heavy atom. The van der Waals surface area contributed by atoms with E-state index < -0.39 is 11.4 Å². The predicted molar refractivity (Wildman–Crippen MR) is 105 cm³/mol. The zero-order valence-electron chi connectivity index (χ0n) is 15.3. The number of carbonyl (C=O) groups is 1. The third-order valence-electron chi connectivity index (χ3n) is 5.49. The first-order valence-electron chi connectivity index (χ1n) is 9.38. The molecule has 2 unspecified atom stereocenters. The number of benzene rings is 1. The first-order chi connectivity index (χ1) is 13.1. The average Bonchev–Trinajstić information content (AvgIpc) is 3.43. The molecule has 138 valence electrons. The van der Waals surface area contributed by atoms with Crippen molar-refractivity contribution in [3.63, 3.8) is 0 Å². The lowest BCUT2D eigenvalue weighted by atomic mass is 10.0. The number of fused-ring (bicyclic) bond motifs is 3. The molecule has 1 saturated carbocycles. The van der Waals surface area contributed by atoms with Crippen molar-refractivity contribution in [2.24, 2.45) is 5.41 Å². The maximum Gasteiger partial charge on any atom is 0.315 e. The van der Waals surface area contributed by atoms with Gasteiger partial charge in [0.05, 0.1) is 11.7 Å². The zero-order chi connectivity index (χ0) is 19.0. The van der Waals surface area contributed by atoms with Gasteiger partial charge in [-0.25, -0.2) is 4.98 Å². The molecule has 27 heavy (non-hydrogen) atoms. The molecule has 0 radical (unpaired) electrons. The van der Waals surface area contributed by atoms with E-state index in [1.165, 1.54) is 0 Å². The van der Waals surface area contributed by atoms with Gasteiger partial charge in [-0.2, -0.15) is 0 Å². The highest BCUT2D eigenvalue weighted by Gasteiger charge is 2.62. The third-order valence-corrected chi connectivity index (χ3v) is 5.49. The van der Waals surface area contributed by atoms with Crippen molar-refractivity contribution in [2.45, 2.75) is 38.6 Å². The quantitative estimate of drug-likeness (QED) is 0.848. The van der Waals surface area contributed by atoms with Crippen molar-refractivity contribution >= 4 is 24.2 Å². The predicted octanol–water partition coefficient (Wildman–Crippen LogP) is 3.80. The van der Waals surface area contributed by atoms with Crippen molar-refractivity contribution in [3.05, 3.63) is 69.4 Å². The smallest absolute Gasteiger partial charge is 0.315 e. The number of aliphatic carboxylic acids is 1. The Hall–Kier alpha value is -2.95. The third kappa shape index (κ3) is 2.93. The van der Waals surface area contributed by atoms with Crippen LogP contribution in [-0.2, 0) is 11.2 Å². The number of nitrogens with zero attached hydrogens (tertiary/aromatic N) is 2. The maximum absolute atomic E-state index is 13.2. The second-order valence-electron chi connectivity index (χ2n) is 7.26. The van der Waals surface area contributed by atoms with Crippen LogP contribution in [0.4, 0.5) is 0 Å². The van der Waals surface area contributed by atoms with E-state index in [4.69, 9.17) is 4.98 Å². The van der Waals surface area contributed by atoms with Gasteiger partial charge in [-0.05, 0) is 37.0 Å². The molecule has 1 aromatic carbocycles. The zero-order valence-corrected chi connectivity index (χ0v) is 15.3. The van der Waals surface area contributed by atoms with Gasteiger partial charge in [0, 0.05) is 5.56 Å². The molecule has 5 nitrogen and oxygen atoms in total. The molecule has 0 spiro atoms. The maximum atomic E-state index is 13.2. The minimum atomic E-state index is -0.929. The number of hydrogen-bond donors (Lipinski definition) is 1. The molecule has 1 fully saturated rings. The summed E-state index contributed by atoms with van der Waals surface area (Å²) in [5.74, 6) is -0.322. The van der Waals surface area contributed by atoms with E-state index in [0.717, 1.165) is 18.4 Å². The summed E-state index contributed by atoms with van der Waals surface area (Å²) in [5.41, 5.74) is 1.37. The Kier molecular flexibility index (Phi) is 4.30. The van der Waals surface area contributed by atoms with Gasteiger partial charge in [0.1, 0.15) is 11.2 Å². The molecule has 4 rings (SSSR count). The van der Waals surface area contributed by atoms with Gasteiger partial charge >= 0.3 is 5.97 Å². The molecule has 1 aromatic heterocycles. The minimum absolute atomic E-state index is 0.0985. The summed E-state index contributed by atoms with van der Waals surface area (Å²) in [6, 6.07) is 9.57. The summed E-state index contributed by atoms with van der Waals surface area (Å²) in [6.07, 6.45) is 10.2. The van der Waals surface area contributed by atoms with Gasteiger partial charge in [0.25, 0.3) is 5.56 Å². The Balaban J connectivity index is 1.79. The molecule has 0 saturated heterocycles. The molecule has 2 heterocycles. The Bertz CT molecular complexity index is 1000. The largest absolute Gasteiger partial charge is 0.481 e. The summed E-state index contributed by atoms with van der Waals surface area (Å²) in [5, 5.41) is 9.53. The molecular formula is C22H22N2O3. The van der Waals surface area contributed by atoms with Gasteiger partial charge in [0.15, 0.2) is 0 Å². The molecule has 1 aliphatic heterocycles. The SMILES string of the molecule is CCCCc1c(/C=C/c2ccccc2)nc2n(c1=O)C1CC1(C(=O)O)C=C2. The van der Waals surface area contributed by atoms with Crippen LogP contribution in [0.1, 0.15) is 54.9 Å². The van der Waals surface area contributed by atoms with Crippen LogP contribution in [0.15, 0.2) is 41.2 Å². The minimum Gasteiger partial charge on any atom is -0.481 e. The number of carboxylic acid groups (broad SMARTS) is 1. The van der Waals surface area contributed by atoms with Crippen LogP contribution >= 0.6 is 0 Å². The van der Waals surface area contributed by atoms with Crippen LogP contribution in [0.3, 0.4) is 0 Å². The summed E-state index contributed by atoms with van der Waals surface area (Å²) < 4.78 is 1.60. The molecule has 2 aliphatic rings. The highest BCUT2D eigenvalue weighted by atomic mass is 16.4. The lowest BCUT2D eigenvalue weighted by Gasteiger charge is -2.19. The van der Waals surface area contributed by atoms with Crippen molar-refractivity contribution in [3.8, 4) is 0 Å². The summed E-state index contributed by atoms with van der Waals surface area (Å²) >= 11 is 0. The van der Waals surface area contributed by atoms with Crippen molar-refractivity contribution in [1.29, 1.82) is 0 Å². The van der Waals surface area contributed by atoms with Gasteiger partial charge in [-0.3, -0.25) is 14.2 Å². The fraction of sp³-hybridized carbons (Fsp3) is 0.318. The number of unbranched alkanes of at least 4 members (excludes halogenated alkanes) is 1. The Labute approximate surface area is 157 Å². The van der Waals surface area contributed by atoms with Crippen LogP contribution in [0.2, 0.25) is 0 Å². The number of carboxylic acids is 1. The van der Waals surface area contributed by atoms with E-state index in [1.54, 1.807) is 16.7 Å². The molecule has 1 N–H and O–H groups in total. The highest BCUT2D eigenvalue weighted by molar-refractivity contribution is 5.84. The van der Waals surface area contributed by atoms with Crippen molar-refractivity contribution in [2.75, 3.05) is 0 Å². The van der Waals surface area contributed by atoms with E-state index in [9.17, 15) is 14.7 Å². The molecular weight excluding hydrogens is 340 g/mol. The highest BCUT2D eigenvalue weighted by Crippen LogP contribution is 2.59. The molecule has 5 heteroatoms. The molecule has 2 aromatic rings. The second kappa shape index (κ2) is 6.65. The Morgan fingerprint density at radius 3 is 2.81 bits per heavy atom. The number of rotatable bonds is 6. The van der Waals surface area contributed by atoms with E-state index in [1.807, 2.05) is 42.5 Å². The first kappa shape index (κ1) is 17.5. The van der Waals surface area contributed by atoms with Gasteiger partial charge in [-0.15, -0.1) is 0 Å². The van der Waals surface area contributed by atoms with Crippen LogP contribution in [0, 0.1) is 5.41 Å². The van der Waals surface area contributed by atoms with Gasteiger partial charge in [0.2, 0.25) is 0 Å². The van der Waals surface area contributed by atoms with E-state index in [0.29, 0.717) is 29.9 Å². The second-order valence-corrected chi connectivity index (χ2v) is 7.26. The van der Waals surface area contributed by atoms with Crippen molar-refractivity contribution < 1.29 is 9.90 Å². The summed E-state index contributed by atoms with van der Waals surface area (Å²) in [4.78, 5) is 29.5. The molecule has 0 amide bonds. The number of aromatic nitrogens is 2. The molecule has 1 aliphatic carbocycles. The summed E-state index contributed by atoms with van der Waals surface area (Å²) in [6.45, 7) is 2.09. The van der Waals surface area contributed by atoms with Crippen LogP contribution in [-0.4, -0.2) is 20.6 Å². The lowest BCUT2D eigenvalue weighted by Crippen LogP contribution is -2.32. The van der Waals surface area contributed by atoms with Crippen LogP contribution in [0.5, 0.6) is 0 Å². The first-order valence-corrected chi connectivity index (χ1v) is 9.38. The average molecular weight is 362 g/mol. The van der Waals surface area contributed by atoms with Crippen LogP contribution in [0.25, 0.3) is 18.2 Å². The van der Waals surface area contributed by atoms with Crippen molar-refractivity contribution in [1.82, 2.24) is 9.55 Å². The van der Waals surface area contributed by atoms with E-state index in [2.05, 4.69) is 6.92 Å². The lowest BCUT2D eigenvalue weighted by molar-refractivity contribution is -0.141. The standard InChI is InChI=1S/C22H22N2O3/c1-2-3-9-16-17(11-10-15-7-5-4-6-8-15)23-19-12-13-22(21(26)27)14-18(22)24(19)20(16)25/h4-8,10-13,18H,2-3,9,14H2,1H3,(H,26,27)/b11-10+. The summed E-state index contributed by atoms with van der Waals surface area (Å²) in [7, 11) is 0. The van der Waals surface area contributed by atoms with Crippen LogP contribution < -0.4 is 5.56 Å². The fourth-order valence-corrected chi connectivity index (χ4v) is 3.77. The fourth-order valence-electron chi connectivity index (χ4n) is 3.77. The van der Waals surface area contributed by atoms with E-state index >= 15 is 0 Å². The van der Waals surface area contributed by atoms with E-state index in [-0.39, 0.29) is 11.6 Å². The number of hydrogen-bond acceptors (Lipinski definition) is 3. The van der Waals surface area contributed by atoms with Gasteiger partial charge in [-0.1, -0.05) is 55.8 Å². The van der Waals surface area contributed by atoms with Gasteiger partial charge < -0.3 is 5.11 Å².